The number of fused-ring (bicyclic) bond motifs is 1. The summed E-state index contributed by atoms with van der Waals surface area (Å²) in [5.41, 5.74) is 1.03. The lowest BCUT2D eigenvalue weighted by Crippen LogP contribution is -2.42. The van der Waals surface area contributed by atoms with Gasteiger partial charge >= 0.3 is 0 Å². The Morgan fingerprint density at radius 1 is 1.09 bits per heavy atom. The van der Waals surface area contributed by atoms with Crippen molar-refractivity contribution in [1.82, 2.24) is 30.2 Å². The second-order valence-electron chi connectivity index (χ2n) is 8.17. The molecule has 8 nitrogen and oxygen atoms in total. The Balaban J connectivity index is 1.33. The highest BCUT2D eigenvalue weighted by molar-refractivity contribution is 6.31. The zero-order valence-corrected chi connectivity index (χ0v) is 18.6. The van der Waals surface area contributed by atoms with Crippen molar-refractivity contribution in [2.45, 2.75) is 37.8 Å². The van der Waals surface area contributed by atoms with E-state index in [1.807, 2.05) is 0 Å². The minimum atomic E-state index is -0.599. The zero-order chi connectivity index (χ0) is 23.7. The molecule has 1 aliphatic rings. The van der Waals surface area contributed by atoms with Crippen LogP contribution in [-0.4, -0.2) is 42.9 Å². The predicted molar refractivity (Wildman–Crippen MR) is 123 cm³/mol. The average molecular weight is 484 g/mol. The standard InChI is InChI=1S/C23H20ClF2N7O/c24-12-6-15-16(9-29-20(15)17(25)7-12)21-30-10-18(26)22(33-21)31-13-2-1-3-14(8-13)32-23(34)19-11-27-4-5-28-19/h4-7,9-11,13-14,29H,1-3,8H2,(H,32,34)(H,30,31,33)/t13-,14+/m0/s1. The second kappa shape index (κ2) is 9.30. The summed E-state index contributed by atoms with van der Waals surface area (Å²) in [6, 6.07) is 2.62. The number of nitrogens with zero attached hydrogens (tertiary/aromatic N) is 4. The third-order valence-corrected chi connectivity index (χ3v) is 6.06. The molecule has 1 fully saturated rings. The van der Waals surface area contributed by atoms with Crippen molar-refractivity contribution in [1.29, 1.82) is 0 Å². The fraction of sp³-hybridized carbons (Fsp3) is 0.261. The molecule has 3 aromatic heterocycles. The third kappa shape index (κ3) is 4.54. The molecule has 2 atom stereocenters. The van der Waals surface area contributed by atoms with E-state index in [-0.39, 0.29) is 45.9 Å². The smallest absolute Gasteiger partial charge is 0.271 e. The van der Waals surface area contributed by atoms with E-state index in [0.29, 0.717) is 17.4 Å². The highest BCUT2D eigenvalue weighted by Gasteiger charge is 2.25. The molecule has 0 aliphatic heterocycles. The van der Waals surface area contributed by atoms with Crippen LogP contribution in [0.25, 0.3) is 22.3 Å². The Morgan fingerprint density at radius 2 is 1.94 bits per heavy atom. The van der Waals surface area contributed by atoms with Crippen LogP contribution in [0.4, 0.5) is 14.6 Å². The van der Waals surface area contributed by atoms with Crippen LogP contribution in [0.2, 0.25) is 5.02 Å². The first-order chi connectivity index (χ1) is 16.5. The van der Waals surface area contributed by atoms with Crippen LogP contribution in [0.15, 0.2) is 43.1 Å². The Bertz CT molecular complexity index is 1350. The molecule has 3 heterocycles. The number of carbonyl (C=O) groups excluding carboxylic acids is 1. The number of amides is 1. The highest BCUT2D eigenvalue weighted by Crippen LogP contribution is 2.31. The van der Waals surface area contributed by atoms with E-state index < -0.39 is 11.6 Å². The van der Waals surface area contributed by atoms with E-state index in [4.69, 9.17) is 11.6 Å². The number of rotatable bonds is 5. The third-order valence-electron chi connectivity index (χ3n) is 5.84. The van der Waals surface area contributed by atoms with Crippen molar-refractivity contribution < 1.29 is 13.6 Å². The molecule has 1 aliphatic carbocycles. The summed E-state index contributed by atoms with van der Waals surface area (Å²) in [5, 5.41) is 6.86. The van der Waals surface area contributed by atoms with Crippen LogP contribution in [-0.2, 0) is 0 Å². The second-order valence-corrected chi connectivity index (χ2v) is 8.61. The lowest BCUT2D eigenvalue weighted by molar-refractivity contribution is 0.0921. The zero-order valence-electron chi connectivity index (χ0n) is 17.9. The number of H-pyrrole nitrogens is 1. The van der Waals surface area contributed by atoms with Gasteiger partial charge in [0.2, 0.25) is 0 Å². The van der Waals surface area contributed by atoms with E-state index in [0.717, 1.165) is 25.5 Å². The summed E-state index contributed by atoms with van der Waals surface area (Å²) < 4.78 is 28.8. The van der Waals surface area contributed by atoms with Crippen molar-refractivity contribution in [3.05, 3.63) is 65.5 Å². The number of benzene rings is 1. The molecule has 1 aromatic carbocycles. The van der Waals surface area contributed by atoms with Crippen molar-refractivity contribution >= 4 is 34.2 Å². The molecule has 5 rings (SSSR count). The van der Waals surface area contributed by atoms with Crippen molar-refractivity contribution in [3.8, 4) is 11.4 Å². The maximum atomic E-state index is 14.6. The Labute approximate surface area is 198 Å². The van der Waals surface area contributed by atoms with Gasteiger partial charge in [-0.05, 0) is 37.8 Å². The van der Waals surface area contributed by atoms with Gasteiger partial charge in [0, 0.05) is 46.6 Å². The van der Waals surface area contributed by atoms with Gasteiger partial charge in [-0.2, -0.15) is 0 Å². The normalized spacial score (nSPS) is 18.1. The van der Waals surface area contributed by atoms with Gasteiger partial charge < -0.3 is 15.6 Å². The van der Waals surface area contributed by atoms with E-state index >= 15 is 0 Å². The summed E-state index contributed by atoms with van der Waals surface area (Å²) in [6.07, 6.45) is 10.1. The number of hydrogen-bond acceptors (Lipinski definition) is 6. The lowest BCUT2D eigenvalue weighted by Gasteiger charge is -2.30. The van der Waals surface area contributed by atoms with E-state index in [1.54, 1.807) is 12.3 Å². The van der Waals surface area contributed by atoms with Crippen molar-refractivity contribution in [2.75, 3.05) is 5.32 Å². The van der Waals surface area contributed by atoms with Gasteiger partial charge in [0.05, 0.1) is 17.9 Å². The molecule has 0 unspecified atom stereocenters. The van der Waals surface area contributed by atoms with Crippen molar-refractivity contribution in [3.63, 3.8) is 0 Å². The molecule has 0 radical (unpaired) electrons. The molecule has 1 saturated carbocycles. The minimum absolute atomic E-state index is 0.0488. The summed E-state index contributed by atoms with van der Waals surface area (Å²) in [6.45, 7) is 0. The van der Waals surface area contributed by atoms with Crippen LogP contribution >= 0.6 is 11.6 Å². The van der Waals surface area contributed by atoms with Gasteiger partial charge in [-0.1, -0.05) is 11.6 Å². The topological polar surface area (TPSA) is 108 Å². The van der Waals surface area contributed by atoms with Gasteiger partial charge in [-0.15, -0.1) is 0 Å². The molecular formula is C23H20ClF2N7O. The van der Waals surface area contributed by atoms with Crippen LogP contribution in [0.5, 0.6) is 0 Å². The van der Waals surface area contributed by atoms with Gasteiger partial charge in [0.15, 0.2) is 17.5 Å². The molecule has 1 amide bonds. The molecule has 0 spiro atoms. The number of aromatic amines is 1. The van der Waals surface area contributed by atoms with Crippen LogP contribution < -0.4 is 10.6 Å². The van der Waals surface area contributed by atoms with E-state index in [1.165, 1.54) is 24.7 Å². The number of anilines is 1. The summed E-state index contributed by atoms with van der Waals surface area (Å²) >= 11 is 6.01. The molecule has 0 saturated heterocycles. The maximum Gasteiger partial charge on any atom is 0.271 e. The number of halogens is 3. The number of aromatic nitrogens is 5. The van der Waals surface area contributed by atoms with E-state index in [9.17, 15) is 13.6 Å². The molecule has 11 heteroatoms. The number of hydrogen-bond donors (Lipinski definition) is 3. The predicted octanol–water partition coefficient (Wildman–Crippen LogP) is 4.50. The molecule has 0 bridgehead atoms. The van der Waals surface area contributed by atoms with Gasteiger partial charge in [-0.25, -0.2) is 23.7 Å². The van der Waals surface area contributed by atoms with Crippen molar-refractivity contribution in [2.24, 2.45) is 0 Å². The minimum Gasteiger partial charge on any atom is -0.365 e. The summed E-state index contributed by atoms with van der Waals surface area (Å²) in [5.74, 6) is -1.10. The molecule has 4 aromatic rings. The quantitative estimate of drug-likeness (QED) is 0.385. The highest BCUT2D eigenvalue weighted by atomic mass is 35.5. The van der Waals surface area contributed by atoms with Crippen LogP contribution in [0, 0.1) is 11.6 Å². The average Bonchev–Trinajstić information content (AvgIpc) is 3.25. The lowest BCUT2D eigenvalue weighted by atomic mass is 9.91. The fourth-order valence-electron chi connectivity index (χ4n) is 4.26. The largest absolute Gasteiger partial charge is 0.365 e. The Kier molecular flexibility index (Phi) is 6.06. The van der Waals surface area contributed by atoms with E-state index in [2.05, 4.69) is 35.6 Å². The molecular weight excluding hydrogens is 464 g/mol. The molecule has 3 N–H and O–H groups in total. The fourth-order valence-corrected chi connectivity index (χ4v) is 4.46. The summed E-state index contributed by atoms with van der Waals surface area (Å²) in [7, 11) is 0. The molecule has 34 heavy (non-hydrogen) atoms. The van der Waals surface area contributed by atoms with Crippen LogP contribution in [0.1, 0.15) is 36.2 Å². The summed E-state index contributed by atoms with van der Waals surface area (Å²) in [4.78, 5) is 31.7. The maximum absolute atomic E-state index is 14.6. The van der Waals surface area contributed by atoms with Crippen LogP contribution in [0.3, 0.4) is 0 Å². The number of carbonyl (C=O) groups is 1. The van der Waals surface area contributed by atoms with Gasteiger partial charge in [0.25, 0.3) is 5.91 Å². The molecule has 174 valence electrons. The van der Waals surface area contributed by atoms with Gasteiger partial charge in [-0.3, -0.25) is 9.78 Å². The first-order valence-electron chi connectivity index (χ1n) is 10.8. The van der Waals surface area contributed by atoms with Gasteiger partial charge in [0.1, 0.15) is 11.5 Å². The first-order valence-corrected chi connectivity index (χ1v) is 11.2. The Morgan fingerprint density at radius 3 is 2.76 bits per heavy atom. The number of nitrogens with one attached hydrogen (secondary N) is 3. The SMILES string of the molecule is O=C(N[C@@H]1CCC[C@H](Nc2nc(-c3c[nH]c4c(F)cc(Cl)cc34)ncc2F)C1)c1cnccn1. The monoisotopic (exact) mass is 483 g/mol. The first kappa shape index (κ1) is 22.1. The Hall–Kier alpha value is -3.66.